The standard InChI is InChI=1S/C29H23F2N5O/c1-19-25-18-35(29(37)32-23-8-5-7-22(31)17-23)27(20-12-14-21(30)15-13-20)26-11-6-16-34(26)28(25)36(33-19)24-9-3-2-4-10-24/h2-17,27H,18H2,1H3,(H,32,37)/t27-/m1/s1. The van der Waals surface area contributed by atoms with Gasteiger partial charge in [0.05, 0.1) is 29.7 Å². The molecule has 0 saturated heterocycles. The zero-order valence-corrected chi connectivity index (χ0v) is 20.0. The number of halogens is 2. The van der Waals surface area contributed by atoms with Crippen molar-refractivity contribution in [2.45, 2.75) is 19.5 Å². The smallest absolute Gasteiger partial charge is 0.308 e. The van der Waals surface area contributed by atoms with Crippen molar-refractivity contribution in [2.24, 2.45) is 0 Å². The minimum Gasteiger partial charge on any atom is -0.308 e. The summed E-state index contributed by atoms with van der Waals surface area (Å²) in [4.78, 5) is 15.5. The molecule has 0 aliphatic carbocycles. The van der Waals surface area contributed by atoms with Crippen LogP contribution in [0.4, 0.5) is 19.3 Å². The lowest BCUT2D eigenvalue weighted by atomic mass is 10.0. The third kappa shape index (κ3) is 4.06. The van der Waals surface area contributed by atoms with Crippen LogP contribution in [0.5, 0.6) is 0 Å². The Morgan fingerprint density at radius 3 is 2.46 bits per heavy atom. The maximum absolute atomic E-state index is 13.9. The highest BCUT2D eigenvalue weighted by Crippen LogP contribution is 2.38. The number of hydrogen-bond acceptors (Lipinski definition) is 2. The highest BCUT2D eigenvalue weighted by molar-refractivity contribution is 5.90. The second kappa shape index (κ2) is 9.05. The van der Waals surface area contributed by atoms with Crippen LogP contribution in [0.15, 0.2) is 97.2 Å². The largest absolute Gasteiger partial charge is 0.322 e. The summed E-state index contributed by atoms with van der Waals surface area (Å²) in [6.45, 7) is 2.15. The molecular weight excluding hydrogens is 472 g/mol. The van der Waals surface area contributed by atoms with Crippen LogP contribution in [0.25, 0.3) is 11.5 Å². The Morgan fingerprint density at radius 1 is 0.919 bits per heavy atom. The number of rotatable bonds is 3. The Hall–Kier alpha value is -4.72. The summed E-state index contributed by atoms with van der Waals surface area (Å²) >= 11 is 0. The van der Waals surface area contributed by atoms with Crippen molar-refractivity contribution in [3.05, 3.63) is 131 Å². The highest BCUT2D eigenvalue weighted by atomic mass is 19.1. The number of aromatic nitrogens is 3. The monoisotopic (exact) mass is 495 g/mol. The normalized spacial score (nSPS) is 14.6. The lowest BCUT2D eigenvalue weighted by Gasteiger charge is -2.31. The fraction of sp³-hybridized carbons (Fsp3) is 0.103. The maximum atomic E-state index is 13.9. The van der Waals surface area contributed by atoms with E-state index in [1.165, 1.54) is 24.3 Å². The predicted octanol–water partition coefficient (Wildman–Crippen LogP) is 6.39. The van der Waals surface area contributed by atoms with E-state index in [1.807, 2.05) is 64.8 Å². The first-order valence-corrected chi connectivity index (χ1v) is 11.9. The quantitative estimate of drug-likeness (QED) is 0.316. The van der Waals surface area contributed by atoms with Gasteiger partial charge in [-0.1, -0.05) is 36.4 Å². The number of carbonyl (C=O) groups is 1. The van der Waals surface area contributed by atoms with Gasteiger partial charge in [0.15, 0.2) is 0 Å². The third-order valence-corrected chi connectivity index (χ3v) is 6.61. The van der Waals surface area contributed by atoms with Crippen molar-refractivity contribution in [2.75, 3.05) is 5.32 Å². The molecule has 184 valence electrons. The fourth-order valence-electron chi connectivity index (χ4n) is 4.91. The number of anilines is 1. The second-order valence-corrected chi connectivity index (χ2v) is 8.96. The van der Waals surface area contributed by atoms with Gasteiger partial charge in [-0.05, 0) is 67.1 Å². The first-order chi connectivity index (χ1) is 18.0. The van der Waals surface area contributed by atoms with Crippen LogP contribution in [0.2, 0.25) is 0 Å². The van der Waals surface area contributed by atoms with Crippen LogP contribution in [-0.2, 0) is 6.54 Å². The number of amides is 2. The third-order valence-electron chi connectivity index (χ3n) is 6.61. The van der Waals surface area contributed by atoms with E-state index in [0.717, 1.165) is 34.0 Å². The molecule has 5 aromatic rings. The lowest BCUT2D eigenvalue weighted by Crippen LogP contribution is -2.38. The first-order valence-electron chi connectivity index (χ1n) is 11.9. The molecule has 0 unspecified atom stereocenters. The van der Waals surface area contributed by atoms with E-state index in [9.17, 15) is 13.6 Å². The number of aryl methyl sites for hydroxylation is 1. The molecule has 2 aromatic heterocycles. The SMILES string of the molecule is Cc1nn(-c2ccccc2)c2c1CN(C(=O)Nc1cccc(F)c1)[C@H](c1ccc(F)cc1)c1cccn1-2. The maximum Gasteiger partial charge on any atom is 0.322 e. The Kier molecular flexibility index (Phi) is 5.56. The summed E-state index contributed by atoms with van der Waals surface area (Å²) in [6, 6.07) is 24.6. The van der Waals surface area contributed by atoms with Gasteiger partial charge < -0.3 is 14.8 Å². The number of nitrogens with zero attached hydrogens (tertiary/aromatic N) is 4. The van der Waals surface area contributed by atoms with Crippen molar-refractivity contribution in [1.82, 2.24) is 19.2 Å². The van der Waals surface area contributed by atoms with E-state index in [1.54, 1.807) is 29.2 Å². The average Bonchev–Trinajstić information content (AvgIpc) is 3.46. The minimum absolute atomic E-state index is 0.235. The topological polar surface area (TPSA) is 55.1 Å². The molecule has 1 atom stereocenters. The number of urea groups is 1. The van der Waals surface area contributed by atoms with E-state index in [0.29, 0.717) is 5.69 Å². The average molecular weight is 496 g/mol. The predicted molar refractivity (Wildman–Crippen MR) is 137 cm³/mol. The van der Waals surface area contributed by atoms with Crippen molar-refractivity contribution in [3.63, 3.8) is 0 Å². The summed E-state index contributed by atoms with van der Waals surface area (Å²) in [7, 11) is 0. The van der Waals surface area contributed by atoms with Gasteiger partial charge in [0.2, 0.25) is 0 Å². The number of hydrogen-bond donors (Lipinski definition) is 1. The van der Waals surface area contributed by atoms with Crippen LogP contribution in [-0.4, -0.2) is 25.3 Å². The number of para-hydroxylation sites is 1. The Bertz CT molecular complexity index is 1590. The molecule has 37 heavy (non-hydrogen) atoms. The molecule has 0 saturated carbocycles. The van der Waals surface area contributed by atoms with E-state index in [2.05, 4.69) is 5.32 Å². The summed E-state index contributed by atoms with van der Waals surface area (Å²) in [5.41, 5.74) is 4.46. The molecule has 3 aromatic carbocycles. The molecule has 8 heteroatoms. The molecular formula is C29H23F2N5O. The van der Waals surface area contributed by atoms with Crippen molar-refractivity contribution in [3.8, 4) is 11.5 Å². The van der Waals surface area contributed by atoms with Gasteiger partial charge in [0, 0.05) is 17.4 Å². The summed E-state index contributed by atoms with van der Waals surface area (Å²) in [6.07, 6.45) is 1.94. The van der Waals surface area contributed by atoms with E-state index in [-0.39, 0.29) is 12.4 Å². The van der Waals surface area contributed by atoms with E-state index >= 15 is 0 Å². The molecule has 0 fully saturated rings. The van der Waals surface area contributed by atoms with Gasteiger partial charge in [-0.25, -0.2) is 18.3 Å². The molecule has 1 N–H and O–H groups in total. The van der Waals surface area contributed by atoms with Crippen molar-refractivity contribution >= 4 is 11.7 Å². The molecule has 0 radical (unpaired) electrons. The van der Waals surface area contributed by atoms with Gasteiger partial charge in [-0.3, -0.25) is 0 Å². The highest BCUT2D eigenvalue weighted by Gasteiger charge is 2.36. The van der Waals surface area contributed by atoms with Crippen LogP contribution >= 0.6 is 0 Å². The van der Waals surface area contributed by atoms with Crippen LogP contribution in [0.3, 0.4) is 0 Å². The first kappa shape index (κ1) is 22.7. The number of carbonyl (C=O) groups excluding carboxylic acids is 1. The molecule has 1 aliphatic heterocycles. The summed E-state index contributed by atoms with van der Waals surface area (Å²) < 4.78 is 31.6. The van der Waals surface area contributed by atoms with Crippen LogP contribution in [0.1, 0.15) is 28.6 Å². The van der Waals surface area contributed by atoms with E-state index < -0.39 is 17.9 Å². The summed E-state index contributed by atoms with van der Waals surface area (Å²) in [5.74, 6) is 0.0270. The molecule has 6 nitrogen and oxygen atoms in total. The van der Waals surface area contributed by atoms with Gasteiger partial charge in [-0.2, -0.15) is 5.10 Å². The number of fused-ring (bicyclic) bond motifs is 3. The zero-order chi connectivity index (χ0) is 25.5. The molecule has 1 aliphatic rings. The van der Waals surface area contributed by atoms with Gasteiger partial charge in [0.1, 0.15) is 17.5 Å². The van der Waals surface area contributed by atoms with Crippen molar-refractivity contribution < 1.29 is 13.6 Å². The van der Waals surface area contributed by atoms with Gasteiger partial charge >= 0.3 is 6.03 Å². The van der Waals surface area contributed by atoms with Crippen LogP contribution in [0, 0.1) is 18.6 Å². The van der Waals surface area contributed by atoms with Gasteiger partial charge in [-0.15, -0.1) is 0 Å². The lowest BCUT2D eigenvalue weighted by molar-refractivity contribution is 0.194. The summed E-state index contributed by atoms with van der Waals surface area (Å²) in [5, 5.41) is 7.66. The molecule has 3 heterocycles. The zero-order valence-electron chi connectivity index (χ0n) is 20.0. The molecule has 0 spiro atoms. The molecule has 6 rings (SSSR count). The number of nitrogens with one attached hydrogen (secondary N) is 1. The Balaban J connectivity index is 1.53. The van der Waals surface area contributed by atoms with Crippen molar-refractivity contribution in [1.29, 1.82) is 0 Å². The van der Waals surface area contributed by atoms with Crippen LogP contribution < -0.4 is 5.32 Å². The Labute approximate surface area is 212 Å². The fourth-order valence-corrected chi connectivity index (χ4v) is 4.91. The number of benzene rings is 3. The molecule has 0 bridgehead atoms. The molecule has 2 amide bonds. The minimum atomic E-state index is -0.541. The van der Waals surface area contributed by atoms with Gasteiger partial charge in [0.25, 0.3) is 0 Å². The Morgan fingerprint density at radius 2 is 1.70 bits per heavy atom. The van der Waals surface area contributed by atoms with E-state index in [4.69, 9.17) is 5.10 Å². The second-order valence-electron chi connectivity index (χ2n) is 8.96.